The number of unbranched alkanes of at least 4 members (excludes halogenated alkanes) is 3. The molecule has 0 aliphatic rings. The molecule has 0 aliphatic carbocycles. The van der Waals surface area contributed by atoms with Crippen LogP contribution in [-0.2, 0) is 0 Å². The van der Waals surface area contributed by atoms with Gasteiger partial charge in [0, 0.05) is 9.79 Å². The molecule has 0 aromatic heterocycles. The number of benzene rings is 2. The van der Waals surface area contributed by atoms with Gasteiger partial charge in [0.15, 0.2) is 0 Å². The summed E-state index contributed by atoms with van der Waals surface area (Å²) < 4.78 is 5.81. The van der Waals surface area contributed by atoms with Crippen LogP contribution in [-0.4, -0.2) is 6.61 Å². The van der Waals surface area contributed by atoms with Crippen molar-refractivity contribution in [3.05, 3.63) is 53.1 Å². The standard InChI is InChI=1S/C21H28OS/c1-5-6-7-8-13-22-19-9-11-20(12-10-19)23-21-17(3)14-16(2)15-18(21)4/h9-12,14-15H,5-8,13H2,1-4H3. The highest BCUT2D eigenvalue weighted by Crippen LogP contribution is 2.34. The van der Waals surface area contributed by atoms with Gasteiger partial charge in [-0.2, -0.15) is 0 Å². The van der Waals surface area contributed by atoms with Gasteiger partial charge >= 0.3 is 0 Å². The molecule has 124 valence electrons. The molecule has 1 nitrogen and oxygen atoms in total. The minimum absolute atomic E-state index is 0.822. The van der Waals surface area contributed by atoms with E-state index in [0.717, 1.165) is 18.8 Å². The molecule has 0 aliphatic heterocycles. The van der Waals surface area contributed by atoms with E-state index in [1.807, 2.05) is 11.8 Å². The fourth-order valence-electron chi connectivity index (χ4n) is 2.77. The van der Waals surface area contributed by atoms with Crippen molar-refractivity contribution in [1.29, 1.82) is 0 Å². The van der Waals surface area contributed by atoms with E-state index >= 15 is 0 Å². The van der Waals surface area contributed by atoms with Crippen LogP contribution in [0.4, 0.5) is 0 Å². The summed E-state index contributed by atoms with van der Waals surface area (Å²) in [5.41, 5.74) is 4.03. The molecule has 0 heterocycles. The number of rotatable bonds is 8. The second-order valence-electron chi connectivity index (χ2n) is 6.21. The van der Waals surface area contributed by atoms with Gasteiger partial charge in [-0.25, -0.2) is 0 Å². The molecule has 0 N–H and O–H groups in total. The van der Waals surface area contributed by atoms with Crippen molar-refractivity contribution >= 4 is 11.8 Å². The lowest BCUT2D eigenvalue weighted by atomic mass is 10.1. The Hall–Kier alpha value is -1.41. The number of hydrogen-bond acceptors (Lipinski definition) is 2. The SMILES string of the molecule is CCCCCCOc1ccc(Sc2c(C)cc(C)cc2C)cc1. The fourth-order valence-corrected chi connectivity index (χ4v) is 3.72. The molecule has 2 rings (SSSR count). The Labute approximate surface area is 145 Å². The Morgan fingerprint density at radius 3 is 2.13 bits per heavy atom. The Balaban J connectivity index is 1.93. The molecule has 0 radical (unpaired) electrons. The summed E-state index contributed by atoms with van der Waals surface area (Å²) in [5, 5.41) is 0. The molecule has 0 bridgehead atoms. The molecule has 0 atom stereocenters. The van der Waals surface area contributed by atoms with Crippen molar-refractivity contribution in [3.8, 4) is 5.75 Å². The monoisotopic (exact) mass is 328 g/mol. The van der Waals surface area contributed by atoms with E-state index in [-0.39, 0.29) is 0 Å². The minimum atomic E-state index is 0.822. The quantitative estimate of drug-likeness (QED) is 0.497. The predicted molar refractivity (Wildman–Crippen MR) is 101 cm³/mol. The highest BCUT2D eigenvalue weighted by atomic mass is 32.2. The van der Waals surface area contributed by atoms with Gasteiger partial charge in [-0.15, -0.1) is 0 Å². The van der Waals surface area contributed by atoms with Gasteiger partial charge in [0.2, 0.25) is 0 Å². The van der Waals surface area contributed by atoms with E-state index in [4.69, 9.17) is 4.74 Å². The molecule has 0 saturated carbocycles. The third-order valence-electron chi connectivity index (χ3n) is 3.91. The number of aryl methyl sites for hydroxylation is 3. The lowest BCUT2D eigenvalue weighted by Crippen LogP contribution is -1.96. The largest absolute Gasteiger partial charge is 0.494 e. The third-order valence-corrected chi connectivity index (χ3v) is 5.27. The summed E-state index contributed by atoms with van der Waals surface area (Å²) in [6.07, 6.45) is 4.97. The van der Waals surface area contributed by atoms with Gasteiger partial charge in [0.05, 0.1) is 6.61 Å². The summed E-state index contributed by atoms with van der Waals surface area (Å²) in [7, 11) is 0. The van der Waals surface area contributed by atoms with Crippen LogP contribution in [0.3, 0.4) is 0 Å². The van der Waals surface area contributed by atoms with E-state index in [1.54, 1.807) is 0 Å². The Morgan fingerprint density at radius 1 is 0.870 bits per heavy atom. The van der Waals surface area contributed by atoms with E-state index < -0.39 is 0 Å². The highest BCUT2D eigenvalue weighted by Gasteiger charge is 2.06. The molecule has 23 heavy (non-hydrogen) atoms. The molecule has 0 saturated heterocycles. The number of hydrogen-bond donors (Lipinski definition) is 0. The Morgan fingerprint density at radius 2 is 1.52 bits per heavy atom. The molecular formula is C21H28OS. The van der Waals surface area contributed by atoms with Crippen molar-refractivity contribution in [2.75, 3.05) is 6.61 Å². The Bertz CT molecular complexity index is 593. The van der Waals surface area contributed by atoms with E-state index in [0.29, 0.717) is 0 Å². The van der Waals surface area contributed by atoms with Gasteiger partial charge in [0.25, 0.3) is 0 Å². The van der Waals surface area contributed by atoms with Crippen LogP contribution < -0.4 is 4.74 Å². The van der Waals surface area contributed by atoms with Crippen LogP contribution >= 0.6 is 11.8 Å². The van der Waals surface area contributed by atoms with Crippen molar-refractivity contribution in [2.45, 2.75) is 63.2 Å². The van der Waals surface area contributed by atoms with Crippen LogP contribution in [0.1, 0.15) is 49.3 Å². The summed E-state index contributed by atoms with van der Waals surface area (Å²) in [6.45, 7) is 9.59. The maximum absolute atomic E-state index is 5.81. The van der Waals surface area contributed by atoms with Crippen LogP contribution in [0.15, 0.2) is 46.2 Å². The van der Waals surface area contributed by atoms with Crippen molar-refractivity contribution in [1.82, 2.24) is 0 Å². The smallest absolute Gasteiger partial charge is 0.119 e. The second-order valence-corrected chi connectivity index (χ2v) is 7.29. The lowest BCUT2D eigenvalue weighted by molar-refractivity contribution is 0.305. The van der Waals surface area contributed by atoms with E-state index in [1.165, 1.54) is 45.7 Å². The van der Waals surface area contributed by atoms with Gasteiger partial charge in [-0.05, 0) is 62.6 Å². The molecule has 2 aromatic rings. The topological polar surface area (TPSA) is 9.23 Å². The fraction of sp³-hybridized carbons (Fsp3) is 0.429. The first-order valence-electron chi connectivity index (χ1n) is 8.58. The summed E-state index contributed by atoms with van der Waals surface area (Å²) in [5.74, 6) is 0.975. The highest BCUT2D eigenvalue weighted by molar-refractivity contribution is 7.99. The summed E-state index contributed by atoms with van der Waals surface area (Å²) >= 11 is 1.84. The first-order chi connectivity index (χ1) is 11.1. The molecule has 0 amide bonds. The molecule has 0 spiro atoms. The molecule has 2 aromatic carbocycles. The second kappa shape index (κ2) is 9.02. The average molecular weight is 329 g/mol. The maximum Gasteiger partial charge on any atom is 0.119 e. The van der Waals surface area contributed by atoms with Crippen LogP contribution in [0, 0.1) is 20.8 Å². The summed E-state index contributed by atoms with van der Waals surface area (Å²) in [6, 6.07) is 13.0. The first-order valence-corrected chi connectivity index (χ1v) is 9.40. The van der Waals surface area contributed by atoms with Gasteiger partial charge in [0.1, 0.15) is 5.75 Å². The third kappa shape index (κ3) is 5.62. The zero-order valence-corrected chi connectivity index (χ0v) is 15.6. The maximum atomic E-state index is 5.81. The Kier molecular flexibility index (Phi) is 7.04. The molecule has 0 fully saturated rings. The van der Waals surface area contributed by atoms with Gasteiger partial charge in [-0.1, -0.05) is 55.6 Å². The molecular weight excluding hydrogens is 300 g/mol. The van der Waals surface area contributed by atoms with E-state index in [9.17, 15) is 0 Å². The van der Waals surface area contributed by atoms with Crippen LogP contribution in [0.2, 0.25) is 0 Å². The predicted octanol–water partition coefficient (Wildman–Crippen LogP) is 6.72. The van der Waals surface area contributed by atoms with Gasteiger partial charge in [-0.3, -0.25) is 0 Å². The minimum Gasteiger partial charge on any atom is -0.494 e. The number of ether oxygens (including phenoxy) is 1. The van der Waals surface area contributed by atoms with Gasteiger partial charge < -0.3 is 4.74 Å². The average Bonchev–Trinajstić information content (AvgIpc) is 2.52. The molecule has 2 heteroatoms. The lowest BCUT2D eigenvalue weighted by Gasteiger charge is -2.11. The van der Waals surface area contributed by atoms with Crippen molar-refractivity contribution in [3.63, 3.8) is 0 Å². The summed E-state index contributed by atoms with van der Waals surface area (Å²) in [4.78, 5) is 2.63. The first kappa shape index (κ1) is 17.9. The van der Waals surface area contributed by atoms with Crippen molar-refractivity contribution < 1.29 is 4.74 Å². The zero-order valence-electron chi connectivity index (χ0n) is 14.8. The zero-order chi connectivity index (χ0) is 16.7. The molecule has 0 unspecified atom stereocenters. The van der Waals surface area contributed by atoms with E-state index in [2.05, 4.69) is 64.1 Å². The van der Waals surface area contributed by atoms with Crippen molar-refractivity contribution in [2.24, 2.45) is 0 Å². The van der Waals surface area contributed by atoms with Crippen LogP contribution in [0.25, 0.3) is 0 Å². The normalized spacial score (nSPS) is 10.8. The van der Waals surface area contributed by atoms with Crippen LogP contribution in [0.5, 0.6) is 5.75 Å².